The molecule has 2 aromatic rings. The third kappa shape index (κ3) is 6.52. The fraction of sp³-hybridized carbons (Fsp3) is 0.486. The van der Waals surface area contributed by atoms with Crippen molar-refractivity contribution in [2.45, 2.75) is 72.8 Å². The number of carbonyl (C=O) groups is 2. The lowest BCUT2D eigenvalue weighted by Gasteiger charge is -2.49. The van der Waals surface area contributed by atoms with Crippen molar-refractivity contribution in [1.82, 2.24) is 4.90 Å². The molecule has 0 radical (unpaired) electrons. The Bertz CT molecular complexity index is 1450. The number of halogens is 2. The van der Waals surface area contributed by atoms with Crippen LogP contribution in [0.25, 0.3) is 0 Å². The average Bonchev–Trinajstić information content (AvgIpc) is 2.90. The Labute approximate surface area is 272 Å². The van der Waals surface area contributed by atoms with Gasteiger partial charge in [0.05, 0.1) is 17.7 Å². The minimum Gasteiger partial charge on any atom is -0.490 e. The number of ether oxygens (including phenoxy) is 3. The van der Waals surface area contributed by atoms with Crippen molar-refractivity contribution >= 4 is 43.4 Å². The van der Waals surface area contributed by atoms with Crippen LogP contribution in [-0.4, -0.2) is 43.3 Å². The largest absolute Gasteiger partial charge is 0.490 e. The van der Waals surface area contributed by atoms with Crippen molar-refractivity contribution in [3.8, 4) is 11.5 Å². The number of hydrogen-bond donors (Lipinski definition) is 0. The summed E-state index contributed by atoms with van der Waals surface area (Å²) in [6.45, 7) is 12.4. The highest BCUT2D eigenvalue weighted by molar-refractivity contribution is 9.10. The first-order valence-electron chi connectivity index (χ1n) is 15.0. The van der Waals surface area contributed by atoms with Gasteiger partial charge in [-0.1, -0.05) is 61.8 Å². The molecule has 0 bridgehead atoms. The van der Waals surface area contributed by atoms with Crippen LogP contribution in [0.15, 0.2) is 67.9 Å². The number of Topliss-reactive ketones (excluding diaryl/α,β-unsaturated/α-hetero) is 2. The number of methoxy groups -OCH3 is 1. The predicted molar refractivity (Wildman–Crippen MR) is 175 cm³/mol. The molecule has 0 atom stereocenters. The second-order valence-corrected chi connectivity index (χ2v) is 15.0. The highest BCUT2D eigenvalue weighted by Crippen LogP contribution is 2.55. The van der Waals surface area contributed by atoms with Crippen molar-refractivity contribution in [2.24, 2.45) is 10.8 Å². The van der Waals surface area contributed by atoms with Crippen molar-refractivity contribution < 1.29 is 23.8 Å². The van der Waals surface area contributed by atoms with Gasteiger partial charge in [-0.25, -0.2) is 0 Å². The molecule has 6 nitrogen and oxygen atoms in total. The van der Waals surface area contributed by atoms with Crippen LogP contribution in [0.5, 0.6) is 11.5 Å². The Balaban J connectivity index is 1.67. The van der Waals surface area contributed by atoms with E-state index in [0.717, 1.165) is 55.5 Å². The van der Waals surface area contributed by atoms with E-state index in [1.54, 1.807) is 7.11 Å². The summed E-state index contributed by atoms with van der Waals surface area (Å²) in [4.78, 5) is 30.4. The molecular formula is C35H41Br2NO5. The van der Waals surface area contributed by atoms with E-state index in [1.807, 2.05) is 43.3 Å². The molecule has 230 valence electrons. The van der Waals surface area contributed by atoms with Gasteiger partial charge in [-0.05, 0) is 70.3 Å². The normalized spacial score (nSPS) is 19.9. The number of ketones is 2. The van der Waals surface area contributed by atoms with Gasteiger partial charge < -0.3 is 19.1 Å². The molecule has 0 aromatic heterocycles. The third-order valence-electron chi connectivity index (χ3n) is 8.54. The number of hydrogen-bond acceptors (Lipinski definition) is 6. The van der Waals surface area contributed by atoms with Crippen LogP contribution < -0.4 is 9.47 Å². The molecule has 43 heavy (non-hydrogen) atoms. The highest BCUT2D eigenvalue weighted by Gasteiger charge is 2.49. The SMILES string of the molecule is CCOc1cc(C2C3=C(CC(C)(C)CC3=O)N(CCOC)C3=C2C(=O)CC(C)(C)C3)cc(Br)c1OCc1ccccc1Br. The smallest absolute Gasteiger partial charge is 0.175 e. The molecule has 0 saturated heterocycles. The zero-order valence-corrected chi connectivity index (χ0v) is 29.1. The first kappa shape index (κ1) is 32.0. The van der Waals surface area contributed by atoms with Crippen LogP contribution in [0.2, 0.25) is 0 Å². The Morgan fingerprint density at radius 1 is 0.860 bits per heavy atom. The summed E-state index contributed by atoms with van der Waals surface area (Å²) in [7, 11) is 1.69. The Morgan fingerprint density at radius 3 is 2.02 bits per heavy atom. The zero-order valence-electron chi connectivity index (χ0n) is 25.9. The maximum Gasteiger partial charge on any atom is 0.175 e. The van der Waals surface area contributed by atoms with E-state index in [1.165, 1.54) is 0 Å². The third-order valence-corrected chi connectivity index (χ3v) is 9.90. The molecule has 0 spiro atoms. The van der Waals surface area contributed by atoms with Gasteiger partial charge in [0.2, 0.25) is 0 Å². The van der Waals surface area contributed by atoms with Crippen LogP contribution in [-0.2, 0) is 20.9 Å². The topological polar surface area (TPSA) is 65.1 Å². The Kier molecular flexibility index (Phi) is 9.32. The number of carbonyl (C=O) groups excluding carboxylic acids is 2. The molecule has 0 unspecified atom stereocenters. The molecule has 1 heterocycles. The minimum absolute atomic E-state index is 0.103. The van der Waals surface area contributed by atoms with E-state index in [-0.39, 0.29) is 22.4 Å². The molecule has 0 fully saturated rings. The molecule has 3 aliphatic rings. The van der Waals surface area contributed by atoms with Crippen LogP contribution in [0.4, 0.5) is 0 Å². The van der Waals surface area contributed by atoms with Gasteiger partial charge in [-0.2, -0.15) is 0 Å². The van der Waals surface area contributed by atoms with Gasteiger partial charge >= 0.3 is 0 Å². The predicted octanol–water partition coefficient (Wildman–Crippen LogP) is 8.52. The van der Waals surface area contributed by atoms with Crippen molar-refractivity contribution in [1.29, 1.82) is 0 Å². The second-order valence-electron chi connectivity index (χ2n) is 13.3. The van der Waals surface area contributed by atoms with Crippen LogP contribution in [0.1, 0.15) is 77.3 Å². The molecule has 0 amide bonds. The molecule has 2 aromatic carbocycles. The standard InChI is InChI=1S/C35H41Br2NO5/c1-7-42-29-15-22(14-24(37)33(29)43-20-21-10-8-9-11-23(21)36)30-31-25(16-34(2,3)18-27(31)39)38(12-13-41-6)26-17-35(4,5)19-28(40)32(26)30/h8-11,14-15,30H,7,12-13,16-20H2,1-6H3. The maximum atomic E-state index is 14.1. The maximum absolute atomic E-state index is 14.1. The molecular weight excluding hydrogens is 674 g/mol. The molecule has 1 aliphatic heterocycles. The van der Waals surface area contributed by atoms with Crippen LogP contribution >= 0.6 is 31.9 Å². The van der Waals surface area contributed by atoms with E-state index >= 15 is 0 Å². The zero-order chi connectivity index (χ0) is 31.1. The first-order chi connectivity index (χ1) is 20.4. The van der Waals surface area contributed by atoms with Gasteiger partial charge in [0.15, 0.2) is 23.1 Å². The summed E-state index contributed by atoms with van der Waals surface area (Å²) in [5.74, 6) is 0.910. The summed E-state index contributed by atoms with van der Waals surface area (Å²) in [5, 5.41) is 0. The molecule has 5 rings (SSSR count). The number of benzene rings is 2. The summed E-state index contributed by atoms with van der Waals surface area (Å²) in [6, 6.07) is 11.9. The van der Waals surface area contributed by atoms with E-state index in [2.05, 4.69) is 64.5 Å². The summed E-state index contributed by atoms with van der Waals surface area (Å²) in [6.07, 6.45) is 2.39. The Morgan fingerprint density at radius 2 is 1.47 bits per heavy atom. The minimum atomic E-state index is -0.469. The quantitative estimate of drug-likeness (QED) is 0.260. The summed E-state index contributed by atoms with van der Waals surface area (Å²) < 4.78 is 19.7. The number of rotatable bonds is 9. The van der Waals surface area contributed by atoms with Crippen molar-refractivity contribution in [2.75, 3.05) is 26.9 Å². The summed E-state index contributed by atoms with van der Waals surface area (Å²) in [5.41, 5.74) is 5.02. The molecule has 8 heteroatoms. The fourth-order valence-electron chi connectivity index (χ4n) is 6.76. The van der Waals surface area contributed by atoms with Crippen molar-refractivity contribution in [3.05, 3.63) is 79.0 Å². The van der Waals surface area contributed by atoms with Gasteiger partial charge in [-0.15, -0.1) is 0 Å². The first-order valence-corrected chi connectivity index (χ1v) is 16.6. The molecule has 0 saturated carbocycles. The molecule has 2 aliphatic carbocycles. The van der Waals surface area contributed by atoms with E-state index in [9.17, 15) is 9.59 Å². The lowest BCUT2D eigenvalue weighted by atomic mass is 9.63. The van der Waals surface area contributed by atoms with Crippen molar-refractivity contribution in [3.63, 3.8) is 0 Å². The fourth-order valence-corrected chi connectivity index (χ4v) is 7.73. The van der Waals surface area contributed by atoms with Gasteiger partial charge in [0.1, 0.15) is 6.61 Å². The van der Waals surface area contributed by atoms with E-state index < -0.39 is 5.92 Å². The number of allylic oxidation sites excluding steroid dienone is 4. The van der Waals surface area contributed by atoms with Gasteiger partial charge in [0.25, 0.3) is 0 Å². The van der Waals surface area contributed by atoms with Crippen LogP contribution in [0.3, 0.4) is 0 Å². The van der Waals surface area contributed by atoms with E-state index in [0.29, 0.717) is 50.7 Å². The Hall–Kier alpha value is -2.42. The number of nitrogens with zero attached hydrogens (tertiary/aromatic N) is 1. The summed E-state index contributed by atoms with van der Waals surface area (Å²) >= 11 is 7.37. The monoisotopic (exact) mass is 713 g/mol. The van der Waals surface area contributed by atoms with E-state index in [4.69, 9.17) is 14.2 Å². The lowest BCUT2D eigenvalue weighted by Crippen LogP contribution is -2.45. The second kappa shape index (κ2) is 12.5. The highest BCUT2D eigenvalue weighted by atomic mass is 79.9. The average molecular weight is 716 g/mol. The van der Waals surface area contributed by atoms with Gasteiger partial charge in [-0.3, -0.25) is 9.59 Å². The van der Waals surface area contributed by atoms with Gasteiger partial charge in [0, 0.05) is 65.0 Å². The van der Waals surface area contributed by atoms with Crippen LogP contribution in [0, 0.1) is 10.8 Å². The lowest BCUT2D eigenvalue weighted by molar-refractivity contribution is -0.119. The molecule has 0 N–H and O–H groups in total.